The van der Waals surface area contributed by atoms with Crippen LogP contribution in [0.4, 0.5) is 0 Å². The van der Waals surface area contributed by atoms with E-state index in [-0.39, 0.29) is 5.92 Å². The number of likely N-dealkylation sites (N-methyl/N-ethyl adjacent to an activating group) is 1. The van der Waals surface area contributed by atoms with Gasteiger partial charge in [-0.1, -0.05) is 43.5 Å². The Morgan fingerprint density at radius 3 is 2.27 bits per heavy atom. The molecular formula is C19H28N2O. The molecule has 120 valence electrons. The summed E-state index contributed by atoms with van der Waals surface area (Å²) in [5.41, 5.74) is 2.23. The summed E-state index contributed by atoms with van der Waals surface area (Å²) in [7, 11) is 2.18. The standard InChI is InChI=1S/C19H28N2O/c1-20-11-13-21(14-12-20)15-16-7-9-18(10-8-16)19(22)17-5-3-2-4-6-17/h7-10,17H,2-6,11-15H2,1H3. The van der Waals surface area contributed by atoms with Crippen molar-refractivity contribution < 1.29 is 4.79 Å². The number of carbonyl (C=O) groups excluding carboxylic acids is 1. The number of carbonyl (C=O) groups is 1. The Morgan fingerprint density at radius 2 is 1.64 bits per heavy atom. The highest BCUT2D eigenvalue weighted by atomic mass is 16.1. The van der Waals surface area contributed by atoms with Crippen molar-refractivity contribution in [1.82, 2.24) is 9.80 Å². The number of hydrogen-bond acceptors (Lipinski definition) is 3. The Bertz CT molecular complexity index is 483. The first kappa shape index (κ1) is 15.7. The van der Waals surface area contributed by atoms with Crippen molar-refractivity contribution >= 4 is 5.78 Å². The summed E-state index contributed by atoms with van der Waals surface area (Å²) >= 11 is 0. The number of benzene rings is 1. The van der Waals surface area contributed by atoms with Gasteiger partial charge in [-0.2, -0.15) is 0 Å². The first-order chi connectivity index (χ1) is 10.7. The molecule has 0 bridgehead atoms. The van der Waals surface area contributed by atoms with E-state index in [9.17, 15) is 4.79 Å². The third-order valence-electron chi connectivity index (χ3n) is 5.22. The molecule has 2 fully saturated rings. The van der Waals surface area contributed by atoms with Gasteiger partial charge in [0.25, 0.3) is 0 Å². The van der Waals surface area contributed by atoms with Crippen LogP contribution in [0.1, 0.15) is 48.0 Å². The van der Waals surface area contributed by atoms with Crippen LogP contribution >= 0.6 is 0 Å². The Labute approximate surface area is 134 Å². The predicted molar refractivity (Wildman–Crippen MR) is 90.1 cm³/mol. The molecule has 3 nitrogen and oxygen atoms in total. The molecule has 3 heteroatoms. The van der Waals surface area contributed by atoms with Crippen molar-refractivity contribution in [3.05, 3.63) is 35.4 Å². The monoisotopic (exact) mass is 300 g/mol. The first-order valence-corrected chi connectivity index (χ1v) is 8.76. The minimum atomic E-state index is 0.275. The highest BCUT2D eigenvalue weighted by Crippen LogP contribution is 2.27. The van der Waals surface area contributed by atoms with Gasteiger partial charge in [0.05, 0.1) is 0 Å². The van der Waals surface area contributed by atoms with Crippen LogP contribution in [0.3, 0.4) is 0 Å². The highest BCUT2D eigenvalue weighted by molar-refractivity contribution is 5.97. The summed E-state index contributed by atoms with van der Waals surface area (Å²) < 4.78 is 0. The van der Waals surface area contributed by atoms with Gasteiger partial charge in [0.1, 0.15) is 0 Å². The van der Waals surface area contributed by atoms with Crippen LogP contribution in [0.5, 0.6) is 0 Å². The fraction of sp³-hybridized carbons (Fsp3) is 0.632. The van der Waals surface area contributed by atoms with Crippen LogP contribution in [-0.4, -0.2) is 48.8 Å². The van der Waals surface area contributed by atoms with E-state index in [1.807, 2.05) is 12.1 Å². The van der Waals surface area contributed by atoms with Gasteiger partial charge in [0, 0.05) is 44.2 Å². The molecule has 0 aromatic heterocycles. The van der Waals surface area contributed by atoms with Crippen molar-refractivity contribution in [2.45, 2.75) is 38.6 Å². The molecule has 22 heavy (non-hydrogen) atoms. The number of nitrogens with zero attached hydrogens (tertiary/aromatic N) is 2. The summed E-state index contributed by atoms with van der Waals surface area (Å²) in [6.45, 7) is 5.58. The maximum Gasteiger partial charge on any atom is 0.165 e. The lowest BCUT2D eigenvalue weighted by Crippen LogP contribution is -2.43. The zero-order valence-electron chi connectivity index (χ0n) is 13.8. The molecular weight excluding hydrogens is 272 g/mol. The van der Waals surface area contributed by atoms with Crippen molar-refractivity contribution in [2.75, 3.05) is 33.2 Å². The number of rotatable bonds is 4. The summed E-state index contributed by atoms with van der Waals surface area (Å²) in [4.78, 5) is 17.4. The van der Waals surface area contributed by atoms with Gasteiger partial charge < -0.3 is 4.90 Å². The lowest BCUT2D eigenvalue weighted by atomic mass is 9.84. The normalized spacial score (nSPS) is 21.9. The van der Waals surface area contributed by atoms with E-state index in [4.69, 9.17) is 0 Å². The molecule has 0 amide bonds. The molecule has 0 unspecified atom stereocenters. The van der Waals surface area contributed by atoms with Crippen LogP contribution in [0.2, 0.25) is 0 Å². The van der Waals surface area contributed by atoms with E-state index >= 15 is 0 Å². The zero-order valence-corrected chi connectivity index (χ0v) is 13.8. The molecule has 0 radical (unpaired) electrons. The van der Waals surface area contributed by atoms with Gasteiger partial charge in [0.2, 0.25) is 0 Å². The molecule has 1 aliphatic carbocycles. The third kappa shape index (κ3) is 3.96. The number of hydrogen-bond donors (Lipinski definition) is 0. The number of ketones is 1. The minimum absolute atomic E-state index is 0.275. The lowest BCUT2D eigenvalue weighted by Gasteiger charge is -2.32. The van der Waals surface area contributed by atoms with E-state index < -0.39 is 0 Å². The minimum Gasteiger partial charge on any atom is -0.304 e. The largest absolute Gasteiger partial charge is 0.304 e. The smallest absolute Gasteiger partial charge is 0.165 e. The van der Waals surface area contributed by atoms with Gasteiger partial charge in [-0.25, -0.2) is 0 Å². The molecule has 3 rings (SSSR count). The van der Waals surface area contributed by atoms with E-state index in [1.54, 1.807) is 0 Å². The summed E-state index contributed by atoms with van der Waals surface area (Å²) in [5.74, 6) is 0.642. The SMILES string of the molecule is CN1CCN(Cc2ccc(C(=O)C3CCCCC3)cc2)CC1. The topological polar surface area (TPSA) is 23.6 Å². The second-order valence-electron chi connectivity index (χ2n) is 6.98. The first-order valence-electron chi connectivity index (χ1n) is 8.76. The lowest BCUT2D eigenvalue weighted by molar-refractivity contribution is 0.0889. The summed E-state index contributed by atoms with van der Waals surface area (Å²) in [6, 6.07) is 8.38. The van der Waals surface area contributed by atoms with Crippen molar-refractivity contribution in [1.29, 1.82) is 0 Å². The Kier molecular flexibility index (Phi) is 5.27. The van der Waals surface area contributed by atoms with E-state index in [2.05, 4.69) is 29.0 Å². The molecule has 2 aliphatic rings. The molecule has 1 aromatic rings. The molecule has 0 N–H and O–H groups in total. The Hall–Kier alpha value is -1.19. The van der Waals surface area contributed by atoms with E-state index in [1.165, 1.54) is 24.8 Å². The van der Waals surface area contributed by atoms with Crippen molar-refractivity contribution in [2.24, 2.45) is 5.92 Å². The van der Waals surface area contributed by atoms with Crippen LogP contribution in [0.25, 0.3) is 0 Å². The maximum absolute atomic E-state index is 12.5. The number of Topliss-reactive ketones (excluding diaryl/α,β-unsaturated/α-hetero) is 1. The van der Waals surface area contributed by atoms with E-state index in [0.29, 0.717) is 5.78 Å². The molecule has 1 aliphatic heterocycles. The van der Waals surface area contributed by atoms with Gasteiger partial charge in [-0.3, -0.25) is 9.69 Å². The molecule has 1 saturated carbocycles. The van der Waals surface area contributed by atoms with Gasteiger partial charge in [-0.05, 0) is 25.5 Å². The van der Waals surface area contributed by atoms with Crippen molar-refractivity contribution in [3.63, 3.8) is 0 Å². The second kappa shape index (κ2) is 7.38. The quantitative estimate of drug-likeness (QED) is 0.798. The number of piperazine rings is 1. The highest BCUT2D eigenvalue weighted by Gasteiger charge is 2.22. The Balaban J connectivity index is 1.56. The third-order valence-corrected chi connectivity index (χ3v) is 5.22. The summed E-state index contributed by atoms with van der Waals surface area (Å²) in [6.07, 6.45) is 5.91. The molecule has 1 saturated heterocycles. The fourth-order valence-electron chi connectivity index (χ4n) is 3.64. The molecule has 0 atom stereocenters. The van der Waals surface area contributed by atoms with Crippen LogP contribution < -0.4 is 0 Å². The van der Waals surface area contributed by atoms with Gasteiger partial charge >= 0.3 is 0 Å². The van der Waals surface area contributed by atoms with Crippen molar-refractivity contribution in [3.8, 4) is 0 Å². The predicted octanol–water partition coefficient (Wildman–Crippen LogP) is 3.20. The average molecular weight is 300 g/mol. The molecule has 0 spiro atoms. The van der Waals surface area contributed by atoms with Crippen LogP contribution in [0.15, 0.2) is 24.3 Å². The fourth-order valence-corrected chi connectivity index (χ4v) is 3.64. The van der Waals surface area contributed by atoms with Crippen LogP contribution in [0, 0.1) is 5.92 Å². The van der Waals surface area contributed by atoms with Gasteiger partial charge in [0.15, 0.2) is 5.78 Å². The van der Waals surface area contributed by atoms with E-state index in [0.717, 1.165) is 51.1 Å². The zero-order chi connectivity index (χ0) is 15.4. The molecule has 1 heterocycles. The Morgan fingerprint density at radius 1 is 1.00 bits per heavy atom. The van der Waals surface area contributed by atoms with Gasteiger partial charge in [-0.15, -0.1) is 0 Å². The van der Waals surface area contributed by atoms with Crippen LogP contribution in [-0.2, 0) is 6.54 Å². The average Bonchev–Trinajstić information content (AvgIpc) is 2.58. The second-order valence-corrected chi connectivity index (χ2v) is 6.98. The summed E-state index contributed by atoms with van der Waals surface area (Å²) in [5, 5.41) is 0. The maximum atomic E-state index is 12.5. The molecule has 1 aromatic carbocycles.